The summed E-state index contributed by atoms with van der Waals surface area (Å²) >= 11 is 3.14. The van der Waals surface area contributed by atoms with Gasteiger partial charge in [0.2, 0.25) is 0 Å². The van der Waals surface area contributed by atoms with E-state index in [1.54, 1.807) is 23.5 Å². The van der Waals surface area contributed by atoms with Crippen LogP contribution >= 0.6 is 23.5 Å². The van der Waals surface area contributed by atoms with Crippen LogP contribution in [0.5, 0.6) is 11.5 Å². The number of esters is 2. The van der Waals surface area contributed by atoms with Crippen molar-refractivity contribution in [2.45, 2.75) is 126 Å². The molecule has 2 aromatic carbocycles. The fraction of sp³-hybridized carbons (Fsp3) is 0.667. The van der Waals surface area contributed by atoms with Crippen molar-refractivity contribution in [1.29, 1.82) is 0 Å². The van der Waals surface area contributed by atoms with Gasteiger partial charge in [-0.05, 0) is 63.5 Å². The maximum Gasteiger partial charge on any atom is 0.319 e. The summed E-state index contributed by atoms with van der Waals surface area (Å²) in [5.74, 6) is 2.30. The molecule has 2 aliphatic heterocycles. The zero-order valence-electron chi connectivity index (χ0n) is 27.6. The van der Waals surface area contributed by atoms with Crippen LogP contribution in [0, 0.1) is 11.8 Å². The van der Waals surface area contributed by atoms with Crippen molar-refractivity contribution in [3.8, 4) is 11.5 Å². The molecular formula is C36H52O6S2. The standard InChI is InChI=1S/C36H52O6S2/c1-7-13-15-23(9-3)21-41-33-25-17-30-28(20-32(44-30)36(38)40-12-6)34(42-22-24(10-4)16-14-8-2)26(25)18-29-27(33)19-31(43-29)35(37)39-11-5/h17-18,23-24,31-32H,7-16,19-22H2,1-6H3. The second-order valence-electron chi connectivity index (χ2n) is 12.0. The third-order valence-corrected chi connectivity index (χ3v) is 11.4. The van der Waals surface area contributed by atoms with E-state index in [2.05, 4.69) is 39.8 Å². The van der Waals surface area contributed by atoms with Gasteiger partial charge in [0, 0.05) is 31.7 Å². The van der Waals surface area contributed by atoms with Crippen LogP contribution in [0.3, 0.4) is 0 Å². The molecule has 8 heteroatoms. The number of thioether (sulfide) groups is 2. The molecule has 0 aromatic heterocycles. The Morgan fingerprint density at radius 1 is 0.705 bits per heavy atom. The summed E-state index contributed by atoms with van der Waals surface area (Å²) in [5, 5.41) is 1.44. The summed E-state index contributed by atoms with van der Waals surface area (Å²) in [4.78, 5) is 27.9. The van der Waals surface area contributed by atoms with Crippen LogP contribution in [0.15, 0.2) is 21.9 Å². The molecule has 4 rings (SSSR count). The van der Waals surface area contributed by atoms with Gasteiger partial charge in [0.15, 0.2) is 0 Å². The molecule has 0 saturated carbocycles. The molecule has 244 valence electrons. The minimum absolute atomic E-state index is 0.174. The number of unbranched alkanes of at least 4 members (excludes halogenated alkanes) is 2. The van der Waals surface area contributed by atoms with E-state index < -0.39 is 0 Å². The summed E-state index contributed by atoms with van der Waals surface area (Å²) < 4.78 is 24.5. The van der Waals surface area contributed by atoms with Crippen molar-refractivity contribution in [3.05, 3.63) is 23.3 Å². The van der Waals surface area contributed by atoms with Crippen molar-refractivity contribution in [2.24, 2.45) is 11.8 Å². The van der Waals surface area contributed by atoms with Crippen LogP contribution < -0.4 is 9.47 Å². The van der Waals surface area contributed by atoms with Crippen LogP contribution in [-0.4, -0.2) is 48.9 Å². The van der Waals surface area contributed by atoms with E-state index in [0.717, 1.165) is 68.9 Å². The van der Waals surface area contributed by atoms with Gasteiger partial charge in [-0.3, -0.25) is 9.59 Å². The number of carbonyl (C=O) groups is 2. The van der Waals surface area contributed by atoms with Crippen LogP contribution in [0.25, 0.3) is 10.8 Å². The Hall–Kier alpha value is -2.06. The van der Waals surface area contributed by atoms with Gasteiger partial charge in [-0.2, -0.15) is 0 Å². The van der Waals surface area contributed by atoms with E-state index in [1.165, 1.54) is 25.7 Å². The van der Waals surface area contributed by atoms with Crippen molar-refractivity contribution >= 4 is 46.2 Å². The average molecular weight is 645 g/mol. The molecule has 0 saturated heterocycles. The molecule has 2 aromatic rings. The predicted octanol–water partition coefficient (Wildman–Crippen LogP) is 9.19. The van der Waals surface area contributed by atoms with Gasteiger partial charge < -0.3 is 18.9 Å². The SMILES string of the molecule is CCCCC(CC)COc1c2c(cc3c(OCC(CC)CCCC)c4c(cc13)SC(C(=O)OCC)C4)SC(C(=O)OCC)C2. The highest BCUT2D eigenvalue weighted by Gasteiger charge is 2.37. The highest BCUT2D eigenvalue weighted by atomic mass is 32.2. The van der Waals surface area contributed by atoms with E-state index in [0.29, 0.717) is 51.1 Å². The van der Waals surface area contributed by atoms with Gasteiger partial charge in [-0.1, -0.05) is 66.2 Å². The number of ether oxygens (including phenoxy) is 4. The normalized spacial score (nSPS) is 18.5. The number of rotatable bonds is 18. The van der Waals surface area contributed by atoms with Crippen molar-refractivity contribution in [1.82, 2.24) is 0 Å². The van der Waals surface area contributed by atoms with Crippen molar-refractivity contribution < 1.29 is 28.5 Å². The number of benzene rings is 2. The maximum absolute atomic E-state index is 12.9. The second kappa shape index (κ2) is 17.0. The van der Waals surface area contributed by atoms with Crippen molar-refractivity contribution in [3.63, 3.8) is 0 Å². The molecular weight excluding hydrogens is 593 g/mol. The van der Waals surface area contributed by atoms with Crippen LogP contribution in [-0.2, 0) is 31.9 Å². The van der Waals surface area contributed by atoms with Crippen LogP contribution in [0.1, 0.15) is 104 Å². The summed E-state index contributed by atoms with van der Waals surface area (Å²) in [6.45, 7) is 14.6. The highest BCUT2D eigenvalue weighted by molar-refractivity contribution is 8.01. The monoisotopic (exact) mass is 644 g/mol. The quantitative estimate of drug-likeness (QED) is 0.149. The van der Waals surface area contributed by atoms with Crippen LogP contribution in [0.4, 0.5) is 0 Å². The zero-order chi connectivity index (χ0) is 31.6. The van der Waals surface area contributed by atoms with Gasteiger partial charge in [0.05, 0.1) is 26.4 Å². The van der Waals surface area contributed by atoms with Crippen LogP contribution in [0.2, 0.25) is 0 Å². The molecule has 0 spiro atoms. The van der Waals surface area contributed by atoms with E-state index in [1.807, 2.05) is 13.8 Å². The number of carbonyl (C=O) groups excluding carboxylic acids is 2. The van der Waals surface area contributed by atoms with Gasteiger partial charge in [0.1, 0.15) is 22.0 Å². The molecule has 6 nitrogen and oxygen atoms in total. The molecule has 2 aliphatic rings. The topological polar surface area (TPSA) is 71.1 Å². The van der Waals surface area contributed by atoms with Gasteiger partial charge in [-0.15, -0.1) is 23.5 Å². The molecule has 0 amide bonds. The first-order valence-electron chi connectivity index (χ1n) is 17.0. The molecule has 44 heavy (non-hydrogen) atoms. The third kappa shape index (κ3) is 8.20. The summed E-state index contributed by atoms with van der Waals surface area (Å²) in [6, 6.07) is 4.39. The minimum Gasteiger partial charge on any atom is -0.492 e. The van der Waals surface area contributed by atoms with Crippen molar-refractivity contribution in [2.75, 3.05) is 26.4 Å². The predicted molar refractivity (Wildman–Crippen MR) is 182 cm³/mol. The lowest BCUT2D eigenvalue weighted by Crippen LogP contribution is -2.19. The van der Waals surface area contributed by atoms with Gasteiger partial charge in [0.25, 0.3) is 0 Å². The first kappa shape index (κ1) is 34.8. The van der Waals surface area contributed by atoms with Gasteiger partial charge in [-0.25, -0.2) is 0 Å². The van der Waals surface area contributed by atoms with E-state index >= 15 is 0 Å². The summed E-state index contributed by atoms with van der Waals surface area (Å²) in [6.07, 6.45) is 10.3. The van der Waals surface area contributed by atoms with E-state index in [-0.39, 0.29) is 22.4 Å². The largest absolute Gasteiger partial charge is 0.492 e. The molecule has 0 aliphatic carbocycles. The Bertz CT molecular complexity index is 1180. The van der Waals surface area contributed by atoms with E-state index in [9.17, 15) is 9.59 Å². The third-order valence-electron chi connectivity index (χ3n) is 8.90. The molecule has 0 N–H and O–H groups in total. The Labute approximate surface area is 273 Å². The number of fused-ring (bicyclic) bond motifs is 3. The lowest BCUT2D eigenvalue weighted by Gasteiger charge is -2.22. The first-order valence-corrected chi connectivity index (χ1v) is 18.7. The smallest absolute Gasteiger partial charge is 0.319 e. The molecule has 0 fully saturated rings. The maximum atomic E-state index is 12.9. The lowest BCUT2D eigenvalue weighted by molar-refractivity contribution is -0.143. The molecule has 0 radical (unpaired) electrons. The second-order valence-corrected chi connectivity index (χ2v) is 14.5. The Balaban J connectivity index is 1.81. The average Bonchev–Trinajstić information content (AvgIpc) is 3.65. The van der Waals surface area contributed by atoms with E-state index in [4.69, 9.17) is 18.9 Å². The van der Waals surface area contributed by atoms with Gasteiger partial charge >= 0.3 is 11.9 Å². The lowest BCUT2D eigenvalue weighted by atomic mass is 9.96. The minimum atomic E-state index is -0.288. The number of hydrogen-bond donors (Lipinski definition) is 0. The first-order chi connectivity index (χ1) is 21.4. The molecule has 2 heterocycles. The Kier molecular flexibility index (Phi) is 13.5. The zero-order valence-corrected chi connectivity index (χ0v) is 29.3. The summed E-state index contributed by atoms with van der Waals surface area (Å²) in [5.41, 5.74) is 2.16. The molecule has 4 unspecified atom stereocenters. The number of hydrogen-bond acceptors (Lipinski definition) is 8. The molecule has 0 bridgehead atoms. The highest BCUT2D eigenvalue weighted by Crippen LogP contribution is 2.53. The fourth-order valence-electron chi connectivity index (χ4n) is 6.14. The fourth-order valence-corrected chi connectivity index (χ4v) is 8.59. The molecule has 4 atom stereocenters. The Morgan fingerprint density at radius 3 is 1.45 bits per heavy atom. The Morgan fingerprint density at radius 2 is 1.11 bits per heavy atom. The summed E-state index contributed by atoms with van der Waals surface area (Å²) in [7, 11) is 0.